The highest BCUT2D eigenvalue weighted by atomic mass is 16.2. The number of carbonyl (C=O) groups excluding carboxylic acids is 1. The molecule has 0 bridgehead atoms. The fourth-order valence-corrected chi connectivity index (χ4v) is 5.00. The standard InChI is InChI=1S/C24H36N6O/c1-5-9-28-10-8-19(15-28)13-20(6-2)25-24(31)22-26-23-18(4)12-21(16-30(23)27-22)29-11-7-17(3)14-29/h5,12,16-17,19-20H,1,6-11,13-15H2,2-4H3,(H,25,31). The molecular weight excluding hydrogens is 388 g/mol. The summed E-state index contributed by atoms with van der Waals surface area (Å²) >= 11 is 0. The van der Waals surface area contributed by atoms with Crippen molar-refractivity contribution in [2.75, 3.05) is 37.6 Å². The zero-order valence-electron chi connectivity index (χ0n) is 19.2. The number of pyridine rings is 1. The van der Waals surface area contributed by atoms with E-state index in [1.54, 1.807) is 4.52 Å². The molecule has 7 heteroatoms. The first-order valence-electron chi connectivity index (χ1n) is 11.7. The van der Waals surface area contributed by atoms with Crippen molar-refractivity contribution in [1.82, 2.24) is 24.8 Å². The molecule has 2 saturated heterocycles. The summed E-state index contributed by atoms with van der Waals surface area (Å²) in [6.07, 6.45) is 8.28. The van der Waals surface area contributed by atoms with Gasteiger partial charge in [-0.25, -0.2) is 9.50 Å². The maximum atomic E-state index is 12.9. The van der Waals surface area contributed by atoms with Crippen LogP contribution in [0.15, 0.2) is 24.9 Å². The Labute approximate surface area is 185 Å². The lowest BCUT2D eigenvalue weighted by Crippen LogP contribution is -2.37. The van der Waals surface area contributed by atoms with E-state index in [0.717, 1.165) is 62.5 Å². The fourth-order valence-electron chi connectivity index (χ4n) is 5.00. The van der Waals surface area contributed by atoms with Crippen molar-refractivity contribution in [2.45, 2.75) is 52.5 Å². The third-order valence-corrected chi connectivity index (χ3v) is 6.80. The number of hydrogen-bond donors (Lipinski definition) is 1. The predicted molar refractivity (Wildman–Crippen MR) is 125 cm³/mol. The van der Waals surface area contributed by atoms with E-state index in [1.165, 1.54) is 12.8 Å². The Morgan fingerprint density at radius 3 is 2.90 bits per heavy atom. The summed E-state index contributed by atoms with van der Waals surface area (Å²) in [4.78, 5) is 22.3. The Balaban J connectivity index is 1.43. The van der Waals surface area contributed by atoms with Crippen molar-refractivity contribution < 1.29 is 4.79 Å². The molecule has 7 nitrogen and oxygen atoms in total. The molecule has 1 N–H and O–H groups in total. The molecule has 0 aromatic carbocycles. The average Bonchev–Trinajstić information content (AvgIpc) is 3.47. The summed E-state index contributed by atoms with van der Waals surface area (Å²) in [6.45, 7) is 15.6. The minimum Gasteiger partial charge on any atom is -0.370 e. The lowest BCUT2D eigenvalue weighted by Gasteiger charge is -2.20. The minimum absolute atomic E-state index is 0.149. The van der Waals surface area contributed by atoms with Crippen LogP contribution in [0.4, 0.5) is 5.69 Å². The number of hydrogen-bond acceptors (Lipinski definition) is 5. The molecule has 3 atom stereocenters. The van der Waals surface area contributed by atoms with Gasteiger partial charge in [-0.1, -0.05) is 19.9 Å². The molecule has 3 unspecified atom stereocenters. The number of anilines is 1. The molecule has 0 saturated carbocycles. The van der Waals surface area contributed by atoms with Gasteiger partial charge in [0.25, 0.3) is 5.91 Å². The van der Waals surface area contributed by atoms with Gasteiger partial charge in [0.15, 0.2) is 5.65 Å². The normalized spacial score (nSPS) is 22.9. The van der Waals surface area contributed by atoms with Crippen LogP contribution in [-0.4, -0.2) is 64.2 Å². The van der Waals surface area contributed by atoms with E-state index >= 15 is 0 Å². The highest BCUT2D eigenvalue weighted by molar-refractivity contribution is 5.91. The van der Waals surface area contributed by atoms with E-state index in [-0.39, 0.29) is 17.8 Å². The molecule has 4 heterocycles. The Kier molecular flexibility index (Phi) is 6.60. The van der Waals surface area contributed by atoms with Gasteiger partial charge in [-0.2, -0.15) is 0 Å². The number of nitrogens with one attached hydrogen (secondary N) is 1. The molecule has 0 spiro atoms. The molecule has 168 valence electrons. The molecular formula is C24H36N6O. The van der Waals surface area contributed by atoms with Crippen LogP contribution < -0.4 is 10.2 Å². The van der Waals surface area contributed by atoms with Crippen molar-refractivity contribution in [2.24, 2.45) is 11.8 Å². The molecule has 0 radical (unpaired) electrons. The molecule has 2 aromatic heterocycles. The quantitative estimate of drug-likeness (QED) is 0.659. The molecule has 2 aromatic rings. The number of rotatable bonds is 8. The first-order valence-corrected chi connectivity index (χ1v) is 11.7. The zero-order valence-corrected chi connectivity index (χ0v) is 19.2. The molecule has 31 heavy (non-hydrogen) atoms. The highest BCUT2D eigenvalue weighted by Crippen LogP contribution is 2.26. The number of aryl methyl sites for hydroxylation is 1. The van der Waals surface area contributed by atoms with Gasteiger partial charge < -0.3 is 10.2 Å². The van der Waals surface area contributed by atoms with Crippen LogP contribution in [0, 0.1) is 18.8 Å². The summed E-state index contributed by atoms with van der Waals surface area (Å²) in [6, 6.07) is 2.31. The van der Waals surface area contributed by atoms with Crippen molar-refractivity contribution in [3.63, 3.8) is 0 Å². The molecule has 1 amide bonds. The van der Waals surface area contributed by atoms with Gasteiger partial charge in [0.1, 0.15) is 0 Å². The van der Waals surface area contributed by atoms with Gasteiger partial charge in [-0.15, -0.1) is 11.7 Å². The summed E-state index contributed by atoms with van der Waals surface area (Å²) in [7, 11) is 0. The Hall–Kier alpha value is -2.41. The maximum absolute atomic E-state index is 12.9. The van der Waals surface area contributed by atoms with Crippen molar-refractivity contribution in [3.8, 4) is 0 Å². The molecule has 2 aliphatic heterocycles. The molecule has 4 rings (SSSR count). The van der Waals surface area contributed by atoms with Gasteiger partial charge in [-0.05, 0) is 62.6 Å². The van der Waals surface area contributed by atoms with Gasteiger partial charge in [0.2, 0.25) is 5.82 Å². The van der Waals surface area contributed by atoms with Crippen LogP contribution in [0.1, 0.15) is 55.7 Å². The van der Waals surface area contributed by atoms with Crippen molar-refractivity contribution in [3.05, 3.63) is 36.3 Å². The lowest BCUT2D eigenvalue weighted by atomic mass is 9.97. The van der Waals surface area contributed by atoms with Crippen molar-refractivity contribution in [1.29, 1.82) is 0 Å². The van der Waals surface area contributed by atoms with Crippen LogP contribution in [0.3, 0.4) is 0 Å². The smallest absolute Gasteiger partial charge is 0.291 e. The third-order valence-electron chi connectivity index (χ3n) is 6.80. The van der Waals surface area contributed by atoms with Crippen LogP contribution in [0.5, 0.6) is 0 Å². The van der Waals surface area contributed by atoms with E-state index in [4.69, 9.17) is 0 Å². The third kappa shape index (κ3) is 4.92. The highest BCUT2D eigenvalue weighted by Gasteiger charge is 2.26. The second-order valence-corrected chi connectivity index (χ2v) is 9.44. The summed E-state index contributed by atoms with van der Waals surface area (Å²) in [5.74, 6) is 1.41. The first-order chi connectivity index (χ1) is 15.0. The Bertz CT molecular complexity index is 938. The average molecular weight is 425 g/mol. The number of likely N-dealkylation sites (tertiary alicyclic amines) is 1. The van der Waals surface area contributed by atoms with E-state index in [1.807, 2.05) is 19.2 Å². The number of carbonyl (C=O) groups is 1. The van der Waals surface area contributed by atoms with Gasteiger partial charge >= 0.3 is 0 Å². The molecule has 2 fully saturated rings. The van der Waals surface area contributed by atoms with Crippen LogP contribution in [0.2, 0.25) is 0 Å². The molecule has 0 aliphatic carbocycles. The van der Waals surface area contributed by atoms with E-state index < -0.39 is 0 Å². The Morgan fingerprint density at radius 2 is 2.19 bits per heavy atom. The van der Waals surface area contributed by atoms with Crippen LogP contribution in [-0.2, 0) is 0 Å². The SMILES string of the molecule is C=CCN1CCC(CC(CC)NC(=O)c2nc3c(C)cc(N4CCC(C)C4)cn3n2)C1. The van der Waals surface area contributed by atoms with E-state index in [2.05, 4.69) is 51.7 Å². The number of aromatic nitrogens is 3. The lowest BCUT2D eigenvalue weighted by molar-refractivity contribution is 0.0919. The minimum atomic E-state index is -0.174. The van der Waals surface area contributed by atoms with E-state index in [9.17, 15) is 4.79 Å². The topological polar surface area (TPSA) is 65.8 Å². The van der Waals surface area contributed by atoms with Crippen molar-refractivity contribution >= 4 is 17.2 Å². The summed E-state index contributed by atoms with van der Waals surface area (Å²) < 4.78 is 1.77. The monoisotopic (exact) mass is 424 g/mol. The van der Waals surface area contributed by atoms with Gasteiger partial charge in [-0.3, -0.25) is 9.69 Å². The fraction of sp³-hybridized carbons (Fsp3) is 0.625. The van der Waals surface area contributed by atoms with Crippen LogP contribution >= 0.6 is 0 Å². The summed E-state index contributed by atoms with van der Waals surface area (Å²) in [5, 5.41) is 7.71. The molecule has 2 aliphatic rings. The van der Waals surface area contributed by atoms with E-state index in [0.29, 0.717) is 11.8 Å². The summed E-state index contributed by atoms with van der Waals surface area (Å²) in [5.41, 5.74) is 2.96. The van der Waals surface area contributed by atoms with Crippen LogP contribution in [0.25, 0.3) is 5.65 Å². The first kappa shape index (κ1) is 21.8. The number of fused-ring (bicyclic) bond motifs is 1. The number of amides is 1. The second-order valence-electron chi connectivity index (χ2n) is 9.44. The second kappa shape index (κ2) is 9.39. The van der Waals surface area contributed by atoms with Gasteiger partial charge in [0, 0.05) is 32.2 Å². The number of nitrogens with zero attached hydrogens (tertiary/aromatic N) is 5. The maximum Gasteiger partial charge on any atom is 0.291 e. The zero-order chi connectivity index (χ0) is 22.0. The predicted octanol–water partition coefficient (Wildman–Crippen LogP) is 3.29. The Morgan fingerprint density at radius 1 is 1.35 bits per heavy atom. The largest absolute Gasteiger partial charge is 0.370 e. The van der Waals surface area contributed by atoms with Gasteiger partial charge in [0.05, 0.1) is 11.9 Å².